The molecule has 0 aliphatic heterocycles. The van der Waals surface area contributed by atoms with Crippen LogP contribution in [0.25, 0.3) is 10.9 Å². The van der Waals surface area contributed by atoms with Gasteiger partial charge in [0.1, 0.15) is 12.4 Å². The summed E-state index contributed by atoms with van der Waals surface area (Å²) in [7, 11) is 0. The fourth-order valence-corrected chi connectivity index (χ4v) is 2.45. The number of benzene rings is 2. The van der Waals surface area contributed by atoms with Gasteiger partial charge in [-0.1, -0.05) is 24.3 Å². The number of amides is 1. The second-order valence-electron chi connectivity index (χ2n) is 5.15. The summed E-state index contributed by atoms with van der Waals surface area (Å²) in [5, 5.41) is 10.2. The highest BCUT2D eigenvalue weighted by Gasteiger charge is 2.16. The molecular weight excluding hydrogens is 295 g/mol. The third-order valence-corrected chi connectivity index (χ3v) is 3.57. The molecule has 1 heterocycles. The first-order valence-corrected chi connectivity index (χ1v) is 7.18. The van der Waals surface area contributed by atoms with Crippen LogP contribution in [0.15, 0.2) is 60.8 Å². The summed E-state index contributed by atoms with van der Waals surface area (Å²) < 4.78 is 13.3. The maximum absolute atomic E-state index is 13.3. The van der Waals surface area contributed by atoms with E-state index in [0.29, 0.717) is 11.3 Å². The van der Waals surface area contributed by atoms with Crippen molar-refractivity contribution in [2.45, 2.75) is 6.54 Å². The molecule has 0 bridgehead atoms. The Morgan fingerprint density at radius 3 is 2.78 bits per heavy atom. The number of aliphatic hydroxyl groups is 1. The van der Waals surface area contributed by atoms with Crippen LogP contribution < -0.4 is 4.90 Å². The second-order valence-corrected chi connectivity index (χ2v) is 5.15. The number of hydrogen-bond acceptors (Lipinski definition) is 3. The van der Waals surface area contributed by atoms with E-state index in [0.717, 1.165) is 10.9 Å². The zero-order chi connectivity index (χ0) is 16.2. The Hall–Kier alpha value is -2.79. The first-order valence-electron chi connectivity index (χ1n) is 7.18. The number of aliphatic hydroxyl groups excluding tert-OH is 1. The van der Waals surface area contributed by atoms with E-state index in [2.05, 4.69) is 4.98 Å². The van der Waals surface area contributed by atoms with Gasteiger partial charge in [-0.3, -0.25) is 9.78 Å². The van der Waals surface area contributed by atoms with Crippen LogP contribution in [0.5, 0.6) is 0 Å². The van der Waals surface area contributed by atoms with E-state index in [1.165, 1.54) is 17.0 Å². The summed E-state index contributed by atoms with van der Waals surface area (Å²) in [6.07, 6.45) is 1.68. The molecule has 0 spiro atoms. The highest BCUT2D eigenvalue weighted by atomic mass is 19.1. The highest BCUT2D eigenvalue weighted by Crippen LogP contribution is 2.22. The van der Waals surface area contributed by atoms with Crippen molar-refractivity contribution in [2.75, 3.05) is 11.5 Å². The molecule has 116 valence electrons. The van der Waals surface area contributed by atoms with Gasteiger partial charge < -0.3 is 10.0 Å². The number of pyridine rings is 1. The van der Waals surface area contributed by atoms with Gasteiger partial charge in [0.25, 0.3) is 5.91 Å². The Balaban J connectivity index is 1.98. The normalized spacial score (nSPS) is 10.7. The molecule has 1 N–H and O–H groups in total. The van der Waals surface area contributed by atoms with Crippen molar-refractivity contribution < 1.29 is 14.3 Å². The molecule has 23 heavy (non-hydrogen) atoms. The molecule has 0 aliphatic carbocycles. The Bertz CT molecular complexity index is 851. The lowest BCUT2D eigenvalue weighted by atomic mass is 10.1. The van der Waals surface area contributed by atoms with Gasteiger partial charge in [-0.15, -0.1) is 0 Å². The molecule has 0 unspecified atom stereocenters. The molecule has 0 fully saturated rings. The SMILES string of the molecule is O=C(CO)N(Cc1cccc(F)c1)c1ccc2cccnc2c1. The van der Waals surface area contributed by atoms with Gasteiger partial charge in [0, 0.05) is 17.3 Å². The monoisotopic (exact) mass is 310 g/mol. The molecule has 2 aromatic carbocycles. The van der Waals surface area contributed by atoms with Crippen LogP contribution in [0.2, 0.25) is 0 Å². The van der Waals surface area contributed by atoms with Gasteiger partial charge in [-0.25, -0.2) is 4.39 Å². The van der Waals surface area contributed by atoms with Gasteiger partial charge in [-0.2, -0.15) is 0 Å². The minimum absolute atomic E-state index is 0.176. The van der Waals surface area contributed by atoms with Crippen LogP contribution in [-0.4, -0.2) is 22.6 Å². The van der Waals surface area contributed by atoms with Crippen LogP contribution in [0.3, 0.4) is 0 Å². The van der Waals surface area contributed by atoms with E-state index in [9.17, 15) is 14.3 Å². The van der Waals surface area contributed by atoms with Crippen LogP contribution >= 0.6 is 0 Å². The summed E-state index contributed by atoms with van der Waals surface area (Å²) in [4.78, 5) is 17.8. The average Bonchev–Trinajstić information content (AvgIpc) is 2.58. The van der Waals surface area contributed by atoms with E-state index < -0.39 is 12.5 Å². The molecule has 4 nitrogen and oxygen atoms in total. The molecule has 0 aliphatic rings. The molecule has 5 heteroatoms. The van der Waals surface area contributed by atoms with Crippen molar-refractivity contribution in [1.29, 1.82) is 0 Å². The number of aromatic nitrogens is 1. The molecule has 3 rings (SSSR count). The quantitative estimate of drug-likeness (QED) is 0.806. The van der Waals surface area contributed by atoms with Crippen LogP contribution in [0.4, 0.5) is 10.1 Å². The Labute approximate surface area is 132 Å². The highest BCUT2D eigenvalue weighted by molar-refractivity contribution is 5.96. The standard InChI is InChI=1S/C18H15FN2O2/c19-15-5-1-3-13(9-15)11-21(18(23)12-22)16-7-6-14-4-2-8-20-17(14)10-16/h1-10,22H,11-12H2. The van der Waals surface area contributed by atoms with Crippen molar-refractivity contribution in [3.63, 3.8) is 0 Å². The fraction of sp³-hybridized carbons (Fsp3) is 0.111. The van der Waals surface area contributed by atoms with Crippen molar-refractivity contribution in [3.05, 3.63) is 72.2 Å². The molecule has 0 saturated carbocycles. The van der Waals surface area contributed by atoms with Crippen molar-refractivity contribution >= 4 is 22.5 Å². The topological polar surface area (TPSA) is 53.4 Å². The van der Waals surface area contributed by atoms with E-state index in [1.807, 2.05) is 18.2 Å². The van der Waals surface area contributed by atoms with E-state index in [1.54, 1.807) is 30.5 Å². The van der Waals surface area contributed by atoms with Crippen molar-refractivity contribution in [3.8, 4) is 0 Å². The van der Waals surface area contributed by atoms with Crippen molar-refractivity contribution in [1.82, 2.24) is 4.98 Å². The lowest BCUT2D eigenvalue weighted by molar-refractivity contribution is -0.121. The number of carbonyl (C=O) groups excluding carboxylic acids is 1. The van der Waals surface area contributed by atoms with Crippen LogP contribution in [0.1, 0.15) is 5.56 Å². The maximum atomic E-state index is 13.3. The number of anilines is 1. The van der Waals surface area contributed by atoms with Gasteiger partial charge in [0.05, 0.1) is 12.1 Å². The number of nitrogens with zero attached hydrogens (tertiary/aromatic N) is 2. The smallest absolute Gasteiger partial charge is 0.252 e. The zero-order valence-electron chi connectivity index (χ0n) is 12.3. The third kappa shape index (κ3) is 3.35. The number of halogens is 1. The lowest BCUT2D eigenvalue weighted by Crippen LogP contribution is -2.32. The van der Waals surface area contributed by atoms with Gasteiger partial charge >= 0.3 is 0 Å². The predicted molar refractivity (Wildman–Crippen MR) is 86.4 cm³/mol. The summed E-state index contributed by atoms with van der Waals surface area (Å²) in [5.41, 5.74) is 2.01. The summed E-state index contributed by atoms with van der Waals surface area (Å²) in [6.45, 7) is -0.439. The summed E-state index contributed by atoms with van der Waals surface area (Å²) >= 11 is 0. The predicted octanol–water partition coefficient (Wildman–Crippen LogP) is 2.90. The van der Waals surface area contributed by atoms with E-state index >= 15 is 0 Å². The summed E-state index contributed by atoms with van der Waals surface area (Å²) in [5.74, 6) is -0.816. The second kappa shape index (κ2) is 6.54. The van der Waals surface area contributed by atoms with E-state index in [4.69, 9.17) is 0 Å². The Morgan fingerprint density at radius 2 is 2.00 bits per heavy atom. The van der Waals surface area contributed by atoms with Crippen LogP contribution in [0, 0.1) is 5.82 Å². The minimum Gasteiger partial charge on any atom is -0.387 e. The lowest BCUT2D eigenvalue weighted by Gasteiger charge is -2.22. The fourth-order valence-electron chi connectivity index (χ4n) is 2.45. The molecular formula is C18H15FN2O2. The molecule has 3 aromatic rings. The van der Waals surface area contributed by atoms with Gasteiger partial charge in [0.15, 0.2) is 0 Å². The van der Waals surface area contributed by atoms with Crippen molar-refractivity contribution in [2.24, 2.45) is 0 Å². The molecule has 1 aromatic heterocycles. The van der Waals surface area contributed by atoms with E-state index in [-0.39, 0.29) is 12.4 Å². The third-order valence-electron chi connectivity index (χ3n) is 3.57. The maximum Gasteiger partial charge on any atom is 0.252 e. The number of carbonyl (C=O) groups is 1. The zero-order valence-corrected chi connectivity index (χ0v) is 12.3. The number of rotatable bonds is 4. The number of hydrogen-bond donors (Lipinski definition) is 1. The largest absolute Gasteiger partial charge is 0.387 e. The molecule has 0 atom stereocenters. The molecule has 0 saturated heterocycles. The first kappa shape index (κ1) is 15.1. The van der Waals surface area contributed by atoms with Gasteiger partial charge in [-0.05, 0) is 35.9 Å². The first-order chi connectivity index (χ1) is 11.2. The Kier molecular flexibility index (Phi) is 4.30. The Morgan fingerprint density at radius 1 is 1.13 bits per heavy atom. The van der Waals surface area contributed by atoms with Gasteiger partial charge in [0.2, 0.25) is 0 Å². The summed E-state index contributed by atoms with van der Waals surface area (Å²) in [6, 6.07) is 15.2. The average molecular weight is 310 g/mol. The minimum atomic E-state index is -0.616. The molecule has 1 amide bonds. The van der Waals surface area contributed by atoms with Crippen LogP contribution in [-0.2, 0) is 11.3 Å². The number of fused-ring (bicyclic) bond motifs is 1. The molecule has 0 radical (unpaired) electrons.